The minimum absolute atomic E-state index is 0.0389. The van der Waals surface area contributed by atoms with Crippen molar-refractivity contribution >= 4 is 0 Å². The highest BCUT2D eigenvalue weighted by atomic mass is 19.1. The van der Waals surface area contributed by atoms with Gasteiger partial charge >= 0.3 is 0 Å². The minimum Gasteiger partial charge on any atom is -0.383 e. The molecule has 0 saturated carbocycles. The van der Waals surface area contributed by atoms with Crippen LogP contribution in [0.3, 0.4) is 0 Å². The standard InChI is InChI=1S/C13H11F2NO/c1-8-2-3-9(7-16-8)13(17)11-5-4-10(14)6-12(11)15/h2-7,13,17H,1H3. The molecule has 0 saturated heterocycles. The van der Waals surface area contributed by atoms with Crippen LogP contribution in [0.2, 0.25) is 0 Å². The molecule has 0 amide bonds. The van der Waals surface area contributed by atoms with Crippen LogP contribution in [-0.4, -0.2) is 10.1 Å². The summed E-state index contributed by atoms with van der Waals surface area (Å²) in [6.45, 7) is 1.81. The Bertz CT molecular complexity index is 525. The van der Waals surface area contributed by atoms with Crippen LogP contribution in [0.15, 0.2) is 36.5 Å². The molecule has 0 aliphatic rings. The van der Waals surface area contributed by atoms with E-state index < -0.39 is 17.7 Å². The third kappa shape index (κ3) is 2.47. The van der Waals surface area contributed by atoms with Gasteiger partial charge in [0.15, 0.2) is 0 Å². The Balaban J connectivity index is 2.36. The summed E-state index contributed by atoms with van der Waals surface area (Å²) < 4.78 is 26.2. The average Bonchev–Trinajstić information content (AvgIpc) is 2.29. The predicted molar refractivity (Wildman–Crippen MR) is 59.4 cm³/mol. The number of aliphatic hydroxyl groups excluding tert-OH is 1. The van der Waals surface area contributed by atoms with E-state index in [1.165, 1.54) is 12.3 Å². The second-order valence-electron chi connectivity index (χ2n) is 3.80. The molecule has 0 radical (unpaired) electrons. The number of halogens is 2. The zero-order valence-corrected chi connectivity index (χ0v) is 9.19. The number of rotatable bonds is 2. The SMILES string of the molecule is Cc1ccc(C(O)c2ccc(F)cc2F)cn1. The van der Waals surface area contributed by atoms with Crippen molar-refractivity contribution in [2.24, 2.45) is 0 Å². The number of benzene rings is 1. The van der Waals surface area contributed by atoms with Crippen molar-refractivity contribution in [1.82, 2.24) is 4.98 Å². The molecular weight excluding hydrogens is 224 g/mol. The molecule has 0 bridgehead atoms. The molecule has 1 aromatic heterocycles. The lowest BCUT2D eigenvalue weighted by Crippen LogP contribution is -2.03. The van der Waals surface area contributed by atoms with Gasteiger partial charge in [0.05, 0.1) is 0 Å². The lowest BCUT2D eigenvalue weighted by atomic mass is 10.0. The first-order valence-corrected chi connectivity index (χ1v) is 5.13. The fourth-order valence-electron chi connectivity index (χ4n) is 1.54. The lowest BCUT2D eigenvalue weighted by Gasteiger charge is -2.12. The maximum atomic E-state index is 13.4. The van der Waals surface area contributed by atoms with Gasteiger partial charge in [0.25, 0.3) is 0 Å². The Kier molecular flexibility index (Phi) is 3.15. The van der Waals surface area contributed by atoms with E-state index in [1.807, 2.05) is 6.92 Å². The number of aryl methyl sites for hydroxylation is 1. The molecule has 1 heterocycles. The Hall–Kier alpha value is -1.81. The first-order chi connectivity index (χ1) is 8.08. The Morgan fingerprint density at radius 1 is 1.18 bits per heavy atom. The molecule has 2 rings (SSSR count). The van der Waals surface area contributed by atoms with Gasteiger partial charge in [-0.25, -0.2) is 8.78 Å². The third-order valence-electron chi connectivity index (χ3n) is 2.51. The summed E-state index contributed by atoms with van der Waals surface area (Å²) >= 11 is 0. The predicted octanol–water partition coefficient (Wildman–Crippen LogP) is 2.75. The molecule has 1 aromatic carbocycles. The van der Waals surface area contributed by atoms with Crippen LogP contribution in [0.25, 0.3) is 0 Å². The summed E-state index contributed by atoms with van der Waals surface area (Å²) in [6, 6.07) is 6.48. The van der Waals surface area contributed by atoms with Gasteiger partial charge in [0.2, 0.25) is 0 Å². The van der Waals surface area contributed by atoms with E-state index in [0.717, 1.165) is 17.8 Å². The fraction of sp³-hybridized carbons (Fsp3) is 0.154. The van der Waals surface area contributed by atoms with Crippen molar-refractivity contribution in [3.05, 3.63) is 65.0 Å². The molecule has 2 aromatic rings. The summed E-state index contributed by atoms with van der Waals surface area (Å²) in [5.41, 5.74) is 1.32. The summed E-state index contributed by atoms with van der Waals surface area (Å²) in [4.78, 5) is 4.02. The van der Waals surface area contributed by atoms with E-state index in [9.17, 15) is 13.9 Å². The van der Waals surface area contributed by atoms with Crippen LogP contribution in [0.1, 0.15) is 22.9 Å². The third-order valence-corrected chi connectivity index (χ3v) is 2.51. The van der Waals surface area contributed by atoms with Crippen LogP contribution >= 0.6 is 0 Å². The smallest absolute Gasteiger partial charge is 0.132 e. The zero-order valence-electron chi connectivity index (χ0n) is 9.19. The summed E-state index contributed by atoms with van der Waals surface area (Å²) in [7, 11) is 0. The Labute approximate surface area is 97.6 Å². The molecule has 4 heteroatoms. The second-order valence-corrected chi connectivity index (χ2v) is 3.80. The van der Waals surface area contributed by atoms with Crippen LogP contribution in [0, 0.1) is 18.6 Å². The van der Waals surface area contributed by atoms with Crippen molar-refractivity contribution < 1.29 is 13.9 Å². The topological polar surface area (TPSA) is 33.1 Å². The summed E-state index contributed by atoms with van der Waals surface area (Å²) in [5.74, 6) is -1.43. The normalized spacial score (nSPS) is 12.5. The monoisotopic (exact) mass is 235 g/mol. The molecule has 0 fully saturated rings. The summed E-state index contributed by atoms with van der Waals surface area (Å²) in [6.07, 6.45) is 0.340. The molecule has 17 heavy (non-hydrogen) atoms. The number of aromatic nitrogens is 1. The van der Waals surface area contributed by atoms with Crippen molar-refractivity contribution in [2.45, 2.75) is 13.0 Å². The molecule has 0 aliphatic heterocycles. The van der Waals surface area contributed by atoms with Gasteiger partial charge in [-0.3, -0.25) is 4.98 Å². The second kappa shape index (κ2) is 4.59. The molecule has 1 N–H and O–H groups in total. The maximum Gasteiger partial charge on any atom is 0.132 e. The quantitative estimate of drug-likeness (QED) is 0.868. The first-order valence-electron chi connectivity index (χ1n) is 5.13. The minimum atomic E-state index is -1.14. The van der Waals surface area contributed by atoms with E-state index in [0.29, 0.717) is 5.56 Å². The lowest BCUT2D eigenvalue weighted by molar-refractivity contribution is 0.214. The molecule has 2 nitrogen and oxygen atoms in total. The number of aliphatic hydroxyl groups is 1. The molecule has 1 unspecified atom stereocenters. The van der Waals surface area contributed by atoms with Crippen LogP contribution in [-0.2, 0) is 0 Å². The summed E-state index contributed by atoms with van der Waals surface area (Å²) in [5, 5.41) is 9.95. The zero-order chi connectivity index (χ0) is 12.4. The fourth-order valence-corrected chi connectivity index (χ4v) is 1.54. The average molecular weight is 235 g/mol. The van der Waals surface area contributed by atoms with Crippen LogP contribution < -0.4 is 0 Å². The molecule has 1 atom stereocenters. The van der Waals surface area contributed by atoms with Crippen molar-refractivity contribution in [1.29, 1.82) is 0 Å². The highest BCUT2D eigenvalue weighted by molar-refractivity contribution is 5.30. The van der Waals surface area contributed by atoms with E-state index in [1.54, 1.807) is 12.1 Å². The largest absolute Gasteiger partial charge is 0.383 e. The molecule has 0 aliphatic carbocycles. The number of hydrogen-bond donors (Lipinski definition) is 1. The first kappa shape index (κ1) is 11.7. The van der Waals surface area contributed by atoms with Gasteiger partial charge in [-0.1, -0.05) is 12.1 Å². The van der Waals surface area contributed by atoms with Gasteiger partial charge < -0.3 is 5.11 Å². The highest BCUT2D eigenvalue weighted by Gasteiger charge is 2.15. The van der Waals surface area contributed by atoms with Gasteiger partial charge in [-0.15, -0.1) is 0 Å². The van der Waals surface area contributed by atoms with E-state index in [4.69, 9.17) is 0 Å². The van der Waals surface area contributed by atoms with Gasteiger partial charge in [-0.2, -0.15) is 0 Å². The number of pyridine rings is 1. The molecular formula is C13H11F2NO. The molecule has 88 valence electrons. The van der Waals surface area contributed by atoms with Crippen molar-refractivity contribution in [2.75, 3.05) is 0 Å². The van der Waals surface area contributed by atoms with Crippen LogP contribution in [0.4, 0.5) is 8.78 Å². The van der Waals surface area contributed by atoms with Gasteiger partial charge in [0.1, 0.15) is 17.7 Å². The van der Waals surface area contributed by atoms with E-state index in [-0.39, 0.29) is 5.56 Å². The van der Waals surface area contributed by atoms with Crippen molar-refractivity contribution in [3.63, 3.8) is 0 Å². The van der Waals surface area contributed by atoms with Gasteiger partial charge in [-0.05, 0) is 19.1 Å². The maximum absolute atomic E-state index is 13.4. The number of hydrogen-bond acceptors (Lipinski definition) is 2. The van der Waals surface area contributed by atoms with E-state index in [2.05, 4.69) is 4.98 Å². The Morgan fingerprint density at radius 2 is 1.94 bits per heavy atom. The number of nitrogens with zero attached hydrogens (tertiary/aromatic N) is 1. The van der Waals surface area contributed by atoms with Crippen molar-refractivity contribution in [3.8, 4) is 0 Å². The van der Waals surface area contributed by atoms with E-state index >= 15 is 0 Å². The van der Waals surface area contributed by atoms with Crippen LogP contribution in [0.5, 0.6) is 0 Å². The van der Waals surface area contributed by atoms with Gasteiger partial charge in [0, 0.05) is 29.1 Å². The molecule has 0 spiro atoms. The highest BCUT2D eigenvalue weighted by Crippen LogP contribution is 2.24. The Morgan fingerprint density at radius 3 is 2.53 bits per heavy atom.